The van der Waals surface area contributed by atoms with Gasteiger partial charge in [0.15, 0.2) is 0 Å². The minimum atomic E-state index is -0.459. The normalized spacial score (nSPS) is 14.0. The maximum Gasteiger partial charge on any atom is 0.255 e. The number of hydrogen-bond acceptors (Lipinski definition) is 4. The van der Waals surface area contributed by atoms with Crippen molar-refractivity contribution in [3.05, 3.63) is 95.3 Å². The molecule has 5 rings (SSSR count). The van der Waals surface area contributed by atoms with Crippen LogP contribution < -0.4 is 16.0 Å². The van der Waals surface area contributed by atoms with Crippen molar-refractivity contribution >= 4 is 29.0 Å². The van der Waals surface area contributed by atoms with E-state index in [0.29, 0.717) is 40.3 Å². The molecule has 0 fully saturated rings. The van der Waals surface area contributed by atoms with Gasteiger partial charge in [-0.25, -0.2) is 13.8 Å². The first-order chi connectivity index (χ1) is 17.7. The van der Waals surface area contributed by atoms with Crippen molar-refractivity contribution in [3.63, 3.8) is 0 Å². The second-order valence-corrected chi connectivity index (χ2v) is 9.63. The van der Waals surface area contributed by atoms with Crippen LogP contribution in [0.3, 0.4) is 0 Å². The molecule has 0 saturated carbocycles. The summed E-state index contributed by atoms with van der Waals surface area (Å²) in [4.78, 5) is 33.3. The molecule has 2 amide bonds. The Hall–Kier alpha value is -4.53. The van der Waals surface area contributed by atoms with E-state index in [2.05, 4.69) is 25.9 Å². The first-order valence-electron chi connectivity index (χ1n) is 11.8. The Morgan fingerprint density at radius 2 is 1.84 bits per heavy atom. The van der Waals surface area contributed by atoms with E-state index in [0.717, 1.165) is 5.69 Å². The summed E-state index contributed by atoms with van der Waals surface area (Å²) in [7, 11) is 0. The highest BCUT2D eigenvalue weighted by Crippen LogP contribution is 2.39. The summed E-state index contributed by atoms with van der Waals surface area (Å²) >= 11 is 0. The molecule has 4 N–H and O–H groups in total. The second kappa shape index (κ2) is 9.50. The molecule has 37 heavy (non-hydrogen) atoms. The Labute approximate surface area is 212 Å². The number of aromatic nitrogens is 2. The smallest absolute Gasteiger partial charge is 0.255 e. The Balaban J connectivity index is 1.49. The van der Waals surface area contributed by atoms with Crippen LogP contribution in [0.1, 0.15) is 35.5 Å². The highest BCUT2D eigenvalue weighted by molar-refractivity contribution is 6.06. The lowest BCUT2D eigenvalue weighted by Gasteiger charge is -2.30. The van der Waals surface area contributed by atoms with Crippen molar-refractivity contribution in [2.75, 3.05) is 10.6 Å². The summed E-state index contributed by atoms with van der Waals surface area (Å²) in [6.45, 7) is 3.86. The summed E-state index contributed by atoms with van der Waals surface area (Å²) in [5, 5.41) is 8.85. The highest BCUT2D eigenvalue weighted by Gasteiger charge is 2.35. The topological polar surface area (TPSA) is 98.9 Å². The number of H-pyrrole nitrogens is 1. The summed E-state index contributed by atoms with van der Waals surface area (Å²) in [6.07, 6.45) is 2.14. The number of pyridine rings is 1. The van der Waals surface area contributed by atoms with Gasteiger partial charge in [0.05, 0.1) is 29.1 Å². The van der Waals surface area contributed by atoms with Gasteiger partial charge in [-0.2, -0.15) is 0 Å². The maximum atomic E-state index is 14.5. The van der Waals surface area contributed by atoms with Crippen molar-refractivity contribution in [2.45, 2.75) is 32.2 Å². The van der Waals surface area contributed by atoms with E-state index in [1.807, 2.05) is 13.8 Å². The van der Waals surface area contributed by atoms with Crippen LogP contribution in [-0.4, -0.2) is 27.3 Å². The number of rotatable bonds is 6. The minimum absolute atomic E-state index is 0.0539. The molecule has 9 heteroatoms. The van der Waals surface area contributed by atoms with Gasteiger partial charge in [-0.05, 0) is 55.8 Å². The second-order valence-electron chi connectivity index (χ2n) is 9.63. The number of nitrogens with zero attached hydrogens (tertiary/aromatic N) is 1. The van der Waals surface area contributed by atoms with Gasteiger partial charge in [0.1, 0.15) is 17.5 Å². The fourth-order valence-electron chi connectivity index (χ4n) is 4.46. The van der Waals surface area contributed by atoms with Crippen molar-refractivity contribution in [3.8, 4) is 11.3 Å². The van der Waals surface area contributed by atoms with Crippen molar-refractivity contribution in [1.29, 1.82) is 0 Å². The first kappa shape index (κ1) is 24.2. The van der Waals surface area contributed by atoms with E-state index in [1.54, 1.807) is 48.7 Å². The zero-order valence-electron chi connectivity index (χ0n) is 20.3. The summed E-state index contributed by atoms with van der Waals surface area (Å²) < 4.78 is 27.7. The number of halogens is 2. The standard InChI is InChI=1S/C28H25F2N5O2/c1-28(2)15-21-24(27(37)35-28)26(32-20-6-4-3-5-19(20)30)25(33-21)17-11-12-31-22(14-17)34-23(36)13-16-7-9-18(29)10-8-16/h3-12,14,32-33H,13,15H2,1-2H3,(H,35,37)(H,31,34,36). The number of carbonyl (C=O) groups excluding carboxylic acids is 2. The van der Waals surface area contributed by atoms with Gasteiger partial charge < -0.3 is 20.9 Å². The predicted molar refractivity (Wildman–Crippen MR) is 138 cm³/mol. The van der Waals surface area contributed by atoms with Gasteiger partial charge in [0, 0.05) is 29.4 Å². The number of carbonyl (C=O) groups is 2. The Bertz CT molecular complexity index is 1490. The van der Waals surface area contributed by atoms with E-state index in [1.165, 1.54) is 18.2 Å². The van der Waals surface area contributed by atoms with Crippen LogP contribution in [0.25, 0.3) is 11.3 Å². The van der Waals surface area contributed by atoms with Gasteiger partial charge in [-0.3, -0.25) is 9.59 Å². The summed E-state index contributed by atoms with van der Waals surface area (Å²) in [5.41, 5.74) is 3.21. The molecule has 0 aliphatic carbocycles. The fraction of sp³-hybridized carbons (Fsp3) is 0.179. The molecule has 0 unspecified atom stereocenters. The maximum absolute atomic E-state index is 14.5. The highest BCUT2D eigenvalue weighted by atomic mass is 19.1. The molecule has 1 aliphatic heterocycles. The number of amides is 2. The molecule has 3 heterocycles. The van der Waals surface area contributed by atoms with Gasteiger partial charge in [0.2, 0.25) is 5.91 Å². The van der Waals surface area contributed by atoms with E-state index in [-0.39, 0.29) is 29.7 Å². The van der Waals surface area contributed by atoms with E-state index in [4.69, 9.17) is 0 Å². The van der Waals surface area contributed by atoms with Crippen LogP contribution >= 0.6 is 0 Å². The van der Waals surface area contributed by atoms with Crippen LogP contribution in [0.15, 0.2) is 66.9 Å². The van der Waals surface area contributed by atoms with Crippen LogP contribution in [-0.2, 0) is 17.6 Å². The summed E-state index contributed by atoms with van der Waals surface area (Å²) in [5.74, 6) is -1.10. The third kappa shape index (κ3) is 5.20. The molecule has 7 nitrogen and oxygen atoms in total. The van der Waals surface area contributed by atoms with Crippen LogP contribution in [0.5, 0.6) is 0 Å². The van der Waals surface area contributed by atoms with E-state index >= 15 is 0 Å². The third-order valence-electron chi connectivity index (χ3n) is 6.10. The van der Waals surface area contributed by atoms with Crippen LogP contribution in [0, 0.1) is 11.6 Å². The monoisotopic (exact) mass is 501 g/mol. The van der Waals surface area contributed by atoms with Crippen molar-refractivity contribution < 1.29 is 18.4 Å². The van der Waals surface area contributed by atoms with Gasteiger partial charge in [-0.15, -0.1) is 0 Å². The molecular weight excluding hydrogens is 476 g/mol. The average Bonchev–Trinajstić information content (AvgIpc) is 3.19. The number of benzene rings is 2. The van der Waals surface area contributed by atoms with E-state index < -0.39 is 11.4 Å². The molecule has 0 bridgehead atoms. The lowest BCUT2D eigenvalue weighted by atomic mass is 9.91. The largest absolute Gasteiger partial charge is 0.356 e. The minimum Gasteiger partial charge on any atom is -0.356 e. The zero-order valence-corrected chi connectivity index (χ0v) is 20.3. The molecule has 0 atom stereocenters. The molecular formula is C28H25F2N5O2. The first-order valence-corrected chi connectivity index (χ1v) is 11.8. The number of nitrogens with one attached hydrogen (secondary N) is 4. The number of para-hydroxylation sites is 1. The Morgan fingerprint density at radius 3 is 2.59 bits per heavy atom. The van der Waals surface area contributed by atoms with E-state index in [9.17, 15) is 18.4 Å². The quantitative estimate of drug-likeness (QED) is 0.286. The lowest BCUT2D eigenvalue weighted by Crippen LogP contribution is -2.49. The Morgan fingerprint density at radius 1 is 1.08 bits per heavy atom. The molecule has 1 aliphatic rings. The van der Waals surface area contributed by atoms with Crippen molar-refractivity contribution in [1.82, 2.24) is 15.3 Å². The van der Waals surface area contributed by atoms with Crippen molar-refractivity contribution in [2.24, 2.45) is 0 Å². The summed E-state index contributed by atoms with van der Waals surface area (Å²) in [6, 6.07) is 15.3. The zero-order chi connectivity index (χ0) is 26.2. The molecule has 2 aromatic carbocycles. The lowest BCUT2D eigenvalue weighted by molar-refractivity contribution is -0.115. The number of hydrogen-bond donors (Lipinski definition) is 4. The molecule has 0 radical (unpaired) electrons. The fourth-order valence-corrected chi connectivity index (χ4v) is 4.46. The third-order valence-corrected chi connectivity index (χ3v) is 6.10. The predicted octanol–water partition coefficient (Wildman–Crippen LogP) is 5.34. The van der Waals surface area contributed by atoms with Gasteiger partial charge in [-0.1, -0.05) is 24.3 Å². The molecule has 2 aromatic heterocycles. The molecule has 4 aromatic rings. The SMILES string of the molecule is CC1(C)Cc2[nH]c(-c3ccnc(NC(=O)Cc4ccc(F)cc4)c3)c(Nc3ccccc3F)c2C(=O)N1. The molecule has 188 valence electrons. The van der Waals surface area contributed by atoms with Gasteiger partial charge >= 0.3 is 0 Å². The molecule has 0 spiro atoms. The Kier molecular flexibility index (Phi) is 6.20. The molecule has 0 saturated heterocycles. The number of anilines is 3. The number of aromatic amines is 1. The van der Waals surface area contributed by atoms with Crippen LogP contribution in [0.4, 0.5) is 26.0 Å². The van der Waals surface area contributed by atoms with Gasteiger partial charge in [0.25, 0.3) is 5.91 Å². The van der Waals surface area contributed by atoms with Crippen LogP contribution in [0.2, 0.25) is 0 Å². The number of fused-ring (bicyclic) bond motifs is 1. The average molecular weight is 502 g/mol.